The van der Waals surface area contributed by atoms with Crippen LogP contribution in [0.4, 0.5) is 0 Å². The van der Waals surface area contributed by atoms with E-state index in [1.165, 1.54) is 0 Å². The summed E-state index contributed by atoms with van der Waals surface area (Å²) in [6, 6.07) is 0.152. The van der Waals surface area contributed by atoms with Crippen LogP contribution in [0, 0.1) is 0 Å². The van der Waals surface area contributed by atoms with Gasteiger partial charge < -0.3 is 21.9 Å². The van der Waals surface area contributed by atoms with Gasteiger partial charge in [0.25, 0.3) is 0 Å². The van der Waals surface area contributed by atoms with Crippen molar-refractivity contribution in [2.45, 2.75) is 38.8 Å². The second-order valence-corrected chi connectivity index (χ2v) is 3.71. The number of nitrogens with one attached hydrogen (secondary N) is 1. The predicted molar refractivity (Wildman–Crippen MR) is 59.6 cm³/mol. The number of aliphatic imine (C=N–C) groups is 1. The van der Waals surface area contributed by atoms with E-state index in [0.29, 0.717) is 13.0 Å². The lowest BCUT2D eigenvalue weighted by molar-refractivity contribution is -0.137. The Morgan fingerprint density at radius 2 is 2.07 bits per heavy atom. The van der Waals surface area contributed by atoms with Gasteiger partial charge in [-0.05, 0) is 6.42 Å². The number of hydrogen-bond donors (Lipinski definition) is 4. The Balaban J connectivity index is 4.00. The van der Waals surface area contributed by atoms with Gasteiger partial charge in [-0.15, -0.1) is 0 Å². The van der Waals surface area contributed by atoms with Crippen LogP contribution in [0.2, 0.25) is 0 Å². The van der Waals surface area contributed by atoms with E-state index in [1.54, 1.807) is 0 Å². The molecule has 6 heteroatoms. The molecule has 6 nitrogen and oxygen atoms in total. The third-order valence-electron chi connectivity index (χ3n) is 1.76. The summed E-state index contributed by atoms with van der Waals surface area (Å²) < 4.78 is 0. The first kappa shape index (κ1) is 13.7. The van der Waals surface area contributed by atoms with Gasteiger partial charge >= 0.3 is 5.97 Å². The molecule has 0 aliphatic rings. The van der Waals surface area contributed by atoms with Crippen LogP contribution in [0.5, 0.6) is 0 Å². The smallest absolute Gasteiger partial charge is 0.304 e. The summed E-state index contributed by atoms with van der Waals surface area (Å²) in [6.45, 7) is 4.38. The molecule has 0 aliphatic carbocycles. The van der Waals surface area contributed by atoms with Gasteiger partial charge in [0.05, 0.1) is 6.42 Å². The van der Waals surface area contributed by atoms with Gasteiger partial charge in [-0.1, -0.05) is 13.8 Å². The van der Waals surface area contributed by atoms with Crippen molar-refractivity contribution >= 4 is 11.9 Å². The highest BCUT2D eigenvalue weighted by molar-refractivity contribution is 5.75. The lowest BCUT2D eigenvalue weighted by atomic mass is 10.1. The number of nitrogens with two attached hydrogens (primary N) is 2. The molecule has 15 heavy (non-hydrogen) atoms. The minimum absolute atomic E-state index is 0.0358. The number of guanidine groups is 1. The molecular formula is C9H20N4O2. The summed E-state index contributed by atoms with van der Waals surface area (Å²) in [5, 5.41) is 11.8. The van der Waals surface area contributed by atoms with Gasteiger partial charge in [-0.3, -0.25) is 9.79 Å². The molecule has 0 heterocycles. The van der Waals surface area contributed by atoms with Crippen molar-refractivity contribution in [1.29, 1.82) is 0 Å². The Morgan fingerprint density at radius 1 is 1.47 bits per heavy atom. The lowest BCUT2D eigenvalue weighted by Gasteiger charge is -2.18. The quantitative estimate of drug-likeness (QED) is 0.338. The van der Waals surface area contributed by atoms with Crippen LogP contribution in [0.25, 0.3) is 0 Å². The maximum absolute atomic E-state index is 10.6. The first-order chi connectivity index (χ1) is 6.91. The maximum Gasteiger partial charge on any atom is 0.304 e. The van der Waals surface area contributed by atoms with Crippen molar-refractivity contribution < 1.29 is 9.90 Å². The molecule has 0 fully saturated rings. The fraction of sp³-hybridized carbons (Fsp3) is 0.778. The SMILES string of the molecule is CC(C)NC(CCN=C(N)N)CC(=O)O. The van der Waals surface area contributed by atoms with E-state index >= 15 is 0 Å². The van der Waals surface area contributed by atoms with Crippen LogP contribution in [0.15, 0.2) is 4.99 Å². The third-order valence-corrected chi connectivity index (χ3v) is 1.76. The average Bonchev–Trinajstić information content (AvgIpc) is 2.00. The monoisotopic (exact) mass is 216 g/mol. The third kappa shape index (κ3) is 9.01. The van der Waals surface area contributed by atoms with E-state index in [-0.39, 0.29) is 24.5 Å². The molecule has 0 spiro atoms. The zero-order chi connectivity index (χ0) is 11.8. The minimum Gasteiger partial charge on any atom is -0.481 e. The highest BCUT2D eigenvalue weighted by Gasteiger charge is 2.13. The first-order valence-corrected chi connectivity index (χ1v) is 4.95. The maximum atomic E-state index is 10.6. The number of rotatable bonds is 7. The molecule has 6 N–H and O–H groups in total. The Morgan fingerprint density at radius 3 is 2.47 bits per heavy atom. The fourth-order valence-corrected chi connectivity index (χ4v) is 1.28. The van der Waals surface area contributed by atoms with Crippen molar-refractivity contribution in [3.63, 3.8) is 0 Å². The number of carboxylic acids is 1. The summed E-state index contributed by atoms with van der Waals surface area (Å²) in [5.74, 6) is -0.786. The molecule has 0 rings (SSSR count). The molecule has 0 saturated heterocycles. The molecule has 1 unspecified atom stereocenters. The fourth-order valence-electron chi connectivity index (χ4n) is 1.28. The molecule has 0 saturated carbocycles. The molecule has 0 aromatic heterocycles. The topological polar surface area (TPSA) is 114 Å². The van der Waals surface area contributed by atoms with Crippen LogP contribution in [-0.2, 0) is 4.79 Å². The minimum atomic E-state index is -0.821. The normalized spacial score (nSPS) is 12.5. The molecule has 0 amide bonds. The van der Waals surface area contributed by atoms with Crippen molar-refractivity contribution in [3.05, 3.63) is 0 Å². The van der Waals surface area contributed by atoms with Crippen molar-refractivity contribution in [1.82, 2.24) is 5.32 Å². The molecule has 0 aromatic rings. The molecule has 0 aliphatic heterocycles. The molecule has 0 aromatic carbocycles. The molecule has 0 bridgehead atoms. The summed E-state index contributed by atoms with van der Waals surface area (Å²) >= 11 is 0. The van der Waals surface area contributed by atoms with Crippen LogP contribution < -0.4 is 16.8 Å². The van der Waals surface area contributed by atoms with E-state index < -0.39 is 5.97 Å². The zero-order valence-corrected chi connectivity index (χ0v) is 9.23. The van der Waals surface area contributed by atoms with E-state index in [9.17, 15) is 4.79 Å². The number of aliphatic carboxylic acids is 1. The molecular weight excluding hydrogens is 196 g/mol. The second kappa shape index (κ2) is 7.05. The van der Waals surface area contributed by atoms with Crippen molar-refractivity contribution in [3.8, 4) is 0 Å². The number of carboxylic acid groups (broad SMARTS) is 1. The van der Waals surface area contributed by atoms with Gasteiger partial charge in [0.2, 0.25) is 0 Å². The Hall–Kier alpha value is -1.30. The molecule has 88 valence electrons. The second-order valence-electron chi connectivity index (χ2n) is 3.71. The standard InChI is InChI=1S/C9H20N4O2/c1-6(2)13-7(5-8(14)15)3-4-12-9(10)11/h6-7,13H,3-5H2,1-2H3,(H,14,15)(H4,10,11,12). The van der Waals surface area contributed by atoms with E-state index in [4.69, 9.17) is 16.6 Å². The highest BCUT2D eigenvalue weighted by Crippen LogP contribution is 2.00. The predicted octanol–water partition coefficient (Wildman–Crippen LogP) is -0.509. The van der Waals surface area contributed by atoms with Crippen LogP contribution in [0.3, 0.4) is 0 Å². The summed E-state index contributed by atoms with van der Waals surface area (Å²) in [7, 11) is 0. The van der Waals surface area contributed by atoms with E-state index in [0.717, 1.165) is 0 Å². The van der Waals surface area contributed by atoms with Gasteiger partial charge in [-0.2, -0.15) is 0 Å². The largest absolute Gasteiger partial charge is 0.481 e. The summed E-state index contributed by atoms with van der Waals surface area (Å²) in [4.78, 5) is 14.4. The Bertz CT molecular complexity index is 224. The van der Waals surface area contributed by atoms with Gasteiger partial charge in [-0.25, -0.2) is 0 Å². The number of hydrogen-bond acceptors (Lipinski definition) is 3. The zero-order valence-electron chi connectivity index (χ0n) is 9.23. The molecule has 0 radical (unpaired) electrons. The van der Waals surface area contributed by atoms with Gasteiger partial charge in [0.15, 0.2) is 5.96 Å². The van der Waals surface area contributed by atoms with Gasteiger partial charge in [0, 0.05) is 18.6 Å². The number of carbonyl (C=O) groups is 1. The summed E-state index contributed by atoms with van der Waals surface area (Å²) in [6.07, 6.45) is 0.695. The van der Waals surface area contributed by atoms with Crippen LogP contribution in [-0.4, -0.2) is 35.7 Å². The Labute approximate surface area is 89.7 Å². The average molecular weight is 216 g/mol. The lowest BCUT2D eigenvalue weighted by Crippen LogP contribution is -2.37. The molecule has 1 atom stereocenters. The van der Waals surface area contributed by atoms with E-state index in [1.807, 2.05) is 13.8 Å². The Kier molecular flexibility index (Phi) is 6.44. The van der Waals surface area contributed by atoms with Crippen LogP contribution in [0.1, 0.15) is 26.7 Å². The first-order valence-electron chi connectivity index (χ1n) is 4.95. The van der Waals surface area contributed by atoms with E-state index in [2.05, 4.69) is 10.3 Å². The van der Waals surface area contributed by atoms with Crippen molar-refractivity contribution in [2.75, 3.05) is 6.54 Å². The highest BCUT2D eigenvalue weighted by atomic mass is 16.4. The summed E-state index contributed by atoms with van der Waals surface area (Å²) in [5.41, 5.74) is 10.3. The van der Waals surface area contributed by atoms with Crippen LogP contribution >= 0.6 is 0 Å². The van der Waals surface area contributed by atoms with Crippen molar-refractivity contribution in [2.24, 2.45) is 16.5 Å². The number of nitrogens with zero attached hydrogens (tertiary/aromatic N) is 1. The van der Waals surface area contributed by atoms with Gasteiger partial charge in [0.1, 0.15) is 0 Å².